The first kappa shape index (κ1) is 32.8. The average molecular weight is 535 g/mol. The van der Waals surface area contributed by atoms with E-state index in [1.54, 1.807) is 0 Å². The lowest BCUT2D eigenvalue weighted by Gasteiger charge is -2.45. The summed E-state index contributed by atoms with van der Waals surface area (Å²) in [6, 6.07) is 14.7. The first-order valence-corrected chi connectivity index (χ1v) is 15.7. The van der Waals surface area contributed by atoms with Gasteiger partial charge in [0.25, 0.3) is 0 Å². The topological polar surface area (TPSA) is 0 Å². The van der Waals surface area contributed by atoms with Crippen LogP contribution in [0.3, 0.4) is 0 Å². The van der Waals surface area contributed by atoms with E-state index in [2.05, 4.69) is 148 Å². The summed E-state index contributed by atoms with van der Waals surface area (Å²) in [4.78, 5) is 0. The molecule has 0 fully saturated rings. The minimum absolute atomic E-state index is 0.00822. The van der Waals surface area contributed by atoms with Crippen molar-refractivity contribution in [3.63, 3.8) is 0 Å². The Morgan fingerprint density at radius 3 is 1.32 bits per heavy atom. The van der Waals surface area contributed by atoms with Gasteiger partial charge in [-0.3, -0.25) is 0 Å². The summed E-state index contributed by atoms with van der Waals surface area (Å²) >= 11 is 0. The Hall–Kier alpha value is -1.39. The lowest BCUT2D eigenvalue weighted by molar-refractivity contribution is 0.371. The zero-order valence-corrected chi connectivity index (χ0v) is 28.4. The molecule has 0 amide bonds. The summed E-state index contributed by atoms with van der Waals surface area (Å²) in [5, 5.41) is 0. The van der Waals surface area contributed by atoms with Crippen LogP contribution in [-0.2, 0) is 27.1 Å². The Bertz CT molecular complexity index is 1010. The van der Waals surface area contributed by atoms with Crippen LogP contribution < -0.4 is 0 Å². The van der Waals surface area contributed by atoms with E-state index in [0.717, 1.165) is 6.16 Å². The van der Waals surface area contributed by atoms with E-state index in [-0.39, 0.29) is 27.1 Å². The smallest absolute Gasteiger partial charge is 0.0416 e. The average Bonchev–Trinajstić information content (AvgIpc) is 2.79. The number of allylic oxidation sites excluding steroid dienone is 1. The van der Waals surface area contributed by atoms with Crippen molar-refractivity contribution < 1.29 is 0 Å². The van der Waals surface area contributed by atoms with Gasteiger partial charge in [-0.05, 0) is 73.5 Å². The second-order valence-corrected chi connectivity index (χ2v) is 16.1. The summed E-state index contributed by atoms with van der Waals surface area (Å²) in [6.07, 6.45) is 6.98. The zero-order valence-electron chi connectivity index (χ0n) is 27.2. The van der Waals surface area contributed by atoms with Crippen molar-refractivity contribution in [3.05, 3.63) is 82.4 Å². The summed E-state index contributed by atoms with van der Waals surface area (Å²) in [6.45, 7) is 35.2. The third-order valence-corrected chi connectivity index (χ3v) is 9.00. The molecule has 38 heavy (non-hydrogen) atoms. The molecule has 2 unspecified atom stereocenters. The molecule has 2 aromatic rings. The van der Waals surface area contributed by atoms with E-state index in [1.807, 2.05) is 0 Å². The molecule has 0 bridgehead atoms. The maximum absolute atomic E-state index is 4.64. The maximum Gasteiger partial charge on any atom is 0.0416 e. The van der Waals surface area contributed by atoms with Crippen molar-refractivity contribution in [2.24, 2.45) is 5.92 Å². The van der Waals surface area contributed by atoms with Crippen LogP contribution in [0, 0.1) is 5.92 Å². The van der Waals surface area contributed by atoms with Gasteiger partial charge in [0, 0.05) is 5.41 Å². The molecule has 0 heterocycles. The van der Waals surface area contributed by atoms with E-state index in [4.69, 9.17) is 0 Å². The van der Waals surface area contributed by atoms with Crippen LogP contribution in [0.15, 0.2) is 49.1 Å². The summed E-state index contributed by atoms with van der Waals surface area (Å²) in [5.41, 5.74) is 8.51. The van der Waals surface area contributed by atoms with E-state index < -0.39 is 0 Å². The van der Waals surface area contributed by atoms with Crippen LogP contribution in [0.4, 0.5) is 0 Å². The Labute approximate surface area is 239 Å². The van der Waals surface area contributed by atoms with Gasteiger partial charge in [-0.25, -0.2) is 0 Å². The molecule has 0 N–H and O–H groups in total. The number of rotatable bonds is 8. The quantitative estimate of drug-likeness (QED) is 0.233. The number of hydrogen-bond donors (Lipinski definition) is 0. The van der Waals surface area contributed by atoms with Crippen molar-refractivity contribution in [1.82, 2.24) is 0 Å². The fourth-order valence-electron chi connectivity index (χ4n) is 5.94. The van der Waals surface area contributed by atoms with Crippen LogP contribution >= 0.6 is 9.24 Å². The van der Waals surface area contributed by atoms with Gasteiger partial charge in [0.2, 0.25) is 0 Å². The Morgan fingerprint density at radius 1 is 0.658 bits per heavy atom. The SMILES string of the molecule is C=CC(c1ccc(C(C)(C)C)cc1C(C)(C)C)(c1ccc(C(C)(C)C)cc1C(C)(C)C)C(CP)CCCC. The monoisotopic (exact) mass is 534 g/mol. The molecular formula is C37H59P. The van der Waals surface area contributed by atoms with Gasteiger partial charge in [-0.15, -0.1) is 15.8 Å². The molecule has 212 valence electrons. The molecule has 0 radical (unpaired) electrons. The van der Waals surface area contributed by atoms with Gasteiger partial charge in [0.05, 0.1) is 0 Å². The normalized spacial score (nSPS) is 14.5. The third kappa shape index (κ3) is 6.84. The van der Waals surface area contributed by atoms with Gasteiger partial charge < -0.3 is 0 Å². The molecule has 2 aromatic carbocycles. The van der Waals surface area contributed by atoms with Gasteiger partial charge in [-0.1, -0.05) is 145 Å². The van der Waals surface area contributed by atoms with Gasteiger partial charge in [0.1, 0.15) is 0 Å². The number of unbranched alkanes of at least 4 members (excludes halogenated alkanes) is 1. The second kappa shape index (κ2) is 11.6. The minimum atomic E-state index is -0.283. The number of hydrogen-bond acceptors (Lipinski definition) is 0. The van der Waals surface area contributed by atoms with Gasteiger partial charge >= 0.3 is 0 Å². The molecule has 1 heteroatoms. The molecule has 0 saturated carbocycles. The predicted molar refractivity (Wildman–Crippen MR) is 176 cm³/mol. The van der Waals surface area contributed by atoms with Crippen molar-refractivity contribution in [3.8, 4) is 0 Å². The highest BCUT2D eigenvalue weighted by Gasteiger charge is 2.44. The maximum atomic E-state index is 4.64. The Morgan fingerprint density at radius 2 is 1.05 bits per heavy atom. The van der Waals surface area contributed by atoms with Crippen LogP contribution in [0.25, 0.3) is 0 Å². The van der Waals surface area contributed by atoms with E-state index in [1.165, 1.54) is 52.6 Å². The minimum Gasteiger partial charge on any atom is -0.137 e. The van der Waals surface area contributed by atoms with E-state index >= 15 is 0 Å². The van der Waals surface area contributed by atoms with Crippen LogP contribution in [0.2, 0.25) is 0 Å². The van der Waals surface area contributed by atoms with Crippen LogP contribution in [-0.4, -0.2) is 6.16 Å². The highest BCUT2D eigenvalue weighted by Crippen LogP contribution is 2.51. The molecular weight excluding hydrogens is 475 g/mol. The molecule has 0 spiro atoms. The Kier molecular flexibility index (Phi) is 10.0. The molecule has 2 atom stereocenters. The van der Waals surface area contributed by atoms with Crippen LogP contribution in [0.1, 0.15) is 143 Å². The molecule has 2 rings (SSSR count). The highest BCUT2D eigenvalue weighted by molar-refractivity contribution is 7.16. The van der Waals surface area contributed by atoms with Crippen molar-refractivity contribution >= 4 is 9.24 Å². The third-order valence-electron chi connectivity index (χ3n) is 8.44. The number of benzene rings is 2. The summed E-state index contributed by atoms with van der Waals surface area (Å²) < 4.78 is 0. The molecule has 0 aliphatic heterocycles. The summed E-state index contributed by atoms with van der Waals surface area (Å²) in [7, 11) is 3.11. The molecule has 0 aliphatic carbocycles. The Balaban J connectivity index is 3.16. The first-order chi connectivity index (χ1) is 17.2. The second-order valence-electron chi connectivity index (χ2n) is 15.7. The first-order valence-electron chi connectivity index (χ1n) is 14.9. The van der Waals surface area contributed by atoms with E-state index in [0.29, 0.717) is 5.92 Å². The van der Waals surface area contributed by atoms with Gasteiger partial charge in [0.15, 0.2) is 0 Å². The largest absolute Gasteiger partial charge is 0.137 e. The van der Waals surface area contributed by atoms with Crippen molar-refractivity contribution in [2.45, 2.75) is 136 Å². The zero-order chi connectivity index (χ0) is 29.3. The molecule has 0 saturated heterocycles. The lowest BCUT2D eigenvalue weighted by Crippen LogP contribution is -2.40. The summed E-state index contributed by atoms with van der Waals surface area (Å²) in [5.74, 6) is 0.438. The fourth-order valence-corrected chi connectivity index (χ4v) is 6.54. The van der Waals surface area contributed by atoms with Crippen molar-refractivity contribution in [2.75, 3.05) is 6.16 Å². The van der Waals surface area contributed by atoms with Crippen molar-refractivity contribution in [1.29, 1.82) is 0 Å². The predicted octanol–water partition coefficient (Wildman–Crippen LogP) is 11.0. The lowest BCUT2D eigenvalue weighted by atomic mass is 9.58. The van der Waals surface area contributed by atoms with Gasteiger partial charge in [-0.2, -0.15) is 0 Å². The molecule has 0 aliphatic rings. The highest BCUT2D eigenvalue weighted by atomic mass is 31.0. The van der Waals surface area contributed by atoms with E-state index in [9.17, 15) is 0 Å². The molecule has 0 aromatic heterocycles. The standard InChI is InChI=1S/C37H59P/c1-15-17-18-28(25-38)37(16-2,29-21-19-26(33(3,4)5)23-31(29)35(9,10)11)30-22-20-27(34(6,7)8)24-32(30)36(12,13)14/h16,19-24,28H,2,15,17-18,25,38H2,1,3-14H3. The fraction of sp³-hybridized carbons (Fsp3) is 0.622. The molecule has 0 nitrogen and oxygen atoms in total. The van der Waals surface area contributed by atoms with Crippen LogP contribution in [0.5, 0.6) is 0 Å².